The van der Waals surface area contributed by atoms with Gasteiger partial charge in [0, 0.05) is 17.7 Å². The highest BCUT2D eigenvalue weighted by Gasteiger charge is 2.13. The molecule has 1 N–H and O–H groups in total. The van der Waals surface area contributed by atoms with Crippen molar-refractivity contribution in [2.75, 3.05) is 5.32 Å². The van der Waals surface area contributed by atoms with Gasteiger partial charge in [-0.15, -0.1) is 10.2 Å². The van der Waals surface area contributed by atoms with Gasteiger partial charge >= 0.3 is 0 Å². The van der Waals surface area contributed by atoms with E-state index in [9.17, 15) is 4.79 Å². The molecule has 1 amide bonds. The van der Waals surface area contributed by atoms with Crippen molar-refractivity contribution in [3.63, 3.8) is 0 Å². The average Bonchev–Trinajstić information content (AvgIpc) is 3.22. The normalized spacial score (nSPS) is 11.1. The molecular weight excluding hydrogens is 382 g/mol. The Morgan fingerprint density at radius 1 is 1.19 bits per heavy atom. The van der Waals surface area contributed by atoms with E-state index in [1.807, 2.05) is 44.2 Å². The Kier molecular flexibility index (Phi) is 4.63. The topological polar surface area (TPSA) is 72.2 Å². The van der Waals surface area contributed by atoms with E-state index in [0.717, 1.165) is 33.3 Å². The van der Waals surface area contributed by atoms with Crippen LogP contribution in [0.15, 0.2) is 42.5 Å². The molecule has 136 valence electrons. The lowest BCUT2D eigenvalue weighted by atomic mass is 10.1. The van der Waals surface area contributed by atoms with E-state index in [0.29, 0.717) is 16.3 Å². The van der Waals surface area contributed by atoms with Crippen molar-refractivity contribution < 1.29 is 4.79 Å². The number of nitrogens with one attached hydrogen (secondary N) is 1. The number of aromatic nitrogens is 4. The molecule has 0 spiro atoms. The van der Waals surface area contributed by atoms with Crippen molar-refractivity contribution in [3.8, 4) is 10.6 Å². The van der Waals surface area contributed by atoms with Gasteiger partial charge in [0.25, 0.3) is 5.91 Å². The molecule has 0 saturated heterocycles. The summed E-state index contributed by atoms with van der Waals surface area (Å²) in [4.78, 5) is 13.2. The SMILES string of the molecule is CCc1nnc2sc(-c3ccc(NC(=O)c4ccc(C)cc4Cl)cc3)nn12. The summed E-state index contributed by atoms with van der Waals surface area (Å²) in [6.45, 7) is 3.95. The molecule has 6 nitrogen and oxygen atoms in total. The number of aryl methyl sites for hydroxylation is 2. The predicted octanol–water partition coefficient (Wildman–Crippen LogP) is 4.63. The highest BCUT2D eigenvalue weighted by Crippen LogP contribution is 2.27. The van der Waals surface area contributed by atoms with Crippen LogP contribution in [0, 0.1) is 6.92 Å². The van der Waals surface area contributed by atoms with Crippen molar-refractivity contribution >= 4 is 39.5 Å². The number of rotatable bonds is 4. The molecule has 0 fully saturated rings. The first-order chi connectivity index (χ1) is 13.0. The first kappa shape index (κ1) is 17.6. The molecule has 0 aliphatic carbocycles. The minimum atomic E-state index is -0.237. The van der Waals surface area contributed by atoms with Crippen LogP contribution < -0.4 is 5.32 Å². The van der Waals surface area contributed by atoms with E-state index in [1.54, 1.807) is 16.6 Å². The maximum Gasteiger partial charge on any atom is 0.257 e. The quantitative estimate of drug-likeness (QED) is 0.545. The third-order valence-corrected chi connectivity index (χ3v) is 5.39. The summed E-state index contributed by atoms with van der Waals surface area (Å²) < 4.78 is 1.77. The van der Waals surface area contributed by atoms with Crippen molar-refractivity contribution in [2.24, 2.45) is 0 Å². The number of nitrogens with zero attached hydrogens (tertiary/aromatic N) is 4. The Bertz CT molecular complexity index is 1130. The number of hydrogen-bond acceptors (Lipinski definition) is 5. The van der Waals surface area contributed by atoms with E-state index < -0.39 is 0 Å². The molecule has 0 bridgehead atoms. The molecule has 2 aromatic heterocycles. The first-order valence-corrected chi connectivity index (χ1v) is 9.63. The molecule has 0 atom stereocenters. The molecule has 0 saturated carbocycles. The van der Waals surface area contributed by atoms with Crippen LogP contribution in [0.5, 0.6) is 0 Å². The van der Waals surface area contributed by atoms with Gasteiger partial charge in [0.1, 0.15) is 5.01 Å². The van der Waals surface area contributed by atoms with Gasteiger partial charge in [-0.25, -0.2) is 0 Å². The van der Waals surface area contributed by atoms with E-state index in [1.165, 1.54) is 11.3 Å². The second-order valence-electron chi connectivity index (χ2n) is 6.09. The van der Waals surface area contributed by atoms with Gasteiger partial charge in [0.2, 0.25) is 4.96 Å². The van der Waals surface area contributed by atoms with Crippen LogP contribution in [0.4, 0.5) is 5.69 Å². The van der Waals surface area contributed by atoms with E-state index in [2.05, 4.69) is 20.6 Å². The zero-order chi connectivity index (χ0) is 19.0. The number of benzene rings is 2. The summed E-state index contributed by atoms with van der Waals surface area (Å²) in [5, 5.41) is 17.0. The highest BCUT2D eigenvalue weighted by atomic mass is 35.5. The molecule has 8 heteroatoms. The number of hydrogen-bond donors (Lipinski definition) is 1. The van der Waals surface area contributed by atoms with Gasteiger partial charge in [-0.05, 0) is 48.9 Å². The molecule has 4 rings (SSSR count). The monoisotopic (exact) mass is 397 g/mol. The maximum atomic E-state index is 12.4. The summed E-state index contributed by atoms with van der Waals surface area (Å²) in [5.74, 6) is 0.602. The van der Waals surface area contributed by atoms with Gasteiger partial charge in [-0.2, -0.15) is 9.61 Å². The second-order valence-corrected chi connectivity index (χ2v) is 7.45. The van der Waals surface area contributed by atoms with Gasteiger partial charge in [0.15, 0.2) is 5.82 Å². The molecule has 4 aromatic rings. The van der Waals surface area contributed by atoms with Crippen LogP contribution in [0.2, 0.25) is 5.02 Å². The zero-order valence-corrected chi connectivity index (χ0v) is 16.3. The molecule has 0 unspecified atom stereocenters. The van der Waals surface area contributed by atoms with Crippen LogP contribution >= 0.6 is 22.9 Å². The van der Waals surface area contributed by atoms with Gasteiger partial charge in [-0.3, -0.25) is 4.79 Å². The third kappa shape index (κ3) is 3.43. The van der Waals surface area contributed by atoms with Gasteiger partial charge in [0.05, 0.1) is 10.6 Å². The molecule has 0 radical (unpaired) electrons. The minimum Gasteiger partial charge on any atom is -0.322 e. The highest BCUT2D eigenvalue weighted by molar-refractivity contribution is 7.19. The zero-order valence-electron chi connectivity index (χ0n) is 14.7. The summed E-state index contributed by atoms with van der Waals surface area (Å²) in [6.07, 6.45) is 0.775. The van der Waals surface area contributed by atoms with Gasteiger partial charge in [-0.1, -0.05) is 35.9 Å². The van der Waals surface area contributed by atoms with E-state index in [4.69, 9.17) is 11.6 Å². The fourth-order valence-corrected chi connectivity index (χ4v) is 3.88. The summed E-state index contributed by atoms with van der Waals surface area (Å²) in [6, 6.07) is 12.9. The number of carbonyl (C=O) groups is 1. The molecule has 27 heavy (non-hydrogen) atoms. The lowest BCUT2D eigenvalue weighted by Gasteiger charge is -2.08. The Hall–Kier alpha value is -2.77. The summed E-state index contributed by atoms with van der Waals surface area (Å²) in [5.41, 5.74) is 3.11. The molecule has 0 aliphatic rings. The van der Waals surface area contributed by atoms with Crippen LogP contribution in [-0.2, 0) is 6.42 Å². The second kappa shape index (κ2) is 7.09. The number of anilines is 1. The van der Waals surface area contributed by atoms with Crippen LogP contribution in [-0.4, -0.2) is 25.7 Å². The van der Waals surface area contributed by atoms with Crippen molar-refractivity contribution in [1.29, 1.82) is 0 Å². The number of carbonyl (C=O) groups excluding carboxylic acids is 1. The number of halogens is 1. The number of fused-ring (bicyclic) bond motifs is 1. The molecular formula is C19H16ClN5OS. The van der Waals surface area contributed by atoms with Crippen LogP contribution in [0.1, 0.15) is 28.7 Å². The van der Waals surface area contributed by atoms with Gasteiger partial charge < -0.3 is 5.32 Å². The fraction of sp³-hybridized carbons (Fsp3) is 0.158. The number of amides is 1. The van der Waals surface area contributed by atoms with Crippen molar-refractivity contribution in [1.82, 2.24) is 19.8 Å². The van der Waals surface area contributed by atoms with E-state index >= 15 is 0 Å². The van der Waals surface area contributed by atoms with Crippen LogP contribution in [0.25, 0.3) is 15.5 Å². The maximum absolute atomic E-state index is 12.4. The first-order valence-electron chi connectivity index (χ1n) is 8.44. The Labute approximate surface area is 164 Å². The Balaban J connectivity index is 1.54. The minimum absolute atomic E-state index is 0.237. The Morgan fingerprint density at radius 2 is 1.96 bits per heavy atom. The molecule has 2 aromatic carbocycles. The smallest absolute Gasteiger partial charge is 0.257 e. The summed E-state index contributed by atoms with van der Waals surface area (Å²) >= 11 is 7.65. The largest absolute Gasteiger partial charge is 0.322 e. The fourth-order valence-electron chi connectivity index (χ4n) is 2.69. The predicted molar refractivity (Wildman–Crippen MR) is 108 cm³/mol. The van der Waals surface area contributed by atoms with Crippen molar-refractivity contribution in [3.05, 3.63) is 64.4 Å². The van der Waals surface area contributed by atoms with Crippen LogP contribution in [0.3, 0.4) is 0 Å². The standard InChI is InChI=1S/C19H16ClN5OS/c1-3-16-22-23-19-25(16)24-18(27-19)12-5-7-13(8-6-12)21-17(26)14-9-4-11(2)10-15(14)20/h4-10H,3H2,1-2H3,(H,21,26). The Morgan fingerprint density at radius 3 is 2.67 bits per heavy atom. The lowest BCUT2D eigenvalue weighted by molar-refractivity contribution is 0.102. The van der Waals surface area contributed by atoms with Crippen molar-refractivity contribution in [2.45, 2.75) is 20.3 Å². The molecule has 2 heterocycles. The lowest BCUT2D eigenvalue weighted by Crippen LogP contribution is -2.12. The average molecular weight is 398 g/mol. The molecule has 0 aliphatic heterocycles. The summed E-state index contributed by atoms with van der Waals surface area (Å²) in [7, 11) is 0. The third-order valence-electron chi connectivity index (χ3n) is 4.13. The van der Waals surface area contributed by atoms with E-state index in [-0.39, 0.29) is 5.91 Å².